The van der Waals surface area contributed by atoms with Gasteiger partial charge in [-0.15, -0.1) is 0 Å². The molecule has 20 heavy (non-hydrogen) atoms. The second kappa shape index (κ2) is 5.46. The Balaban J connectivity index is 1.73. The zero-order chi connectivity index (χ0) is 13.9. The summed E-state index contributed by atoms with van der Waals surface area (Å²) >= 11 is 0. The van der Waals surface area contributed by atoms with E-state index in [-0.39, 0.29) is 17.8 Å². The van der Waals surface area contributed by atoms with E-state index in [9.17, 15) is 9.18 Å². The van der Waals surface area contributed by atoms with Gasteiger partial charge in [-0.1, -0.05) is 12.1 Å². The summed E-state index contributed by atoms with van der Waals surface area (Å²) in [5, 5.41) is 0. The van der Waals surface area contributed by atoms with E-state index in [2.05, 4.69) is 0 Å². The number of morpholine rings is 1. The number of benzene rings is 1. The third-order valence-electron chi connectivity index (χ3n) is 3.36. The first-order chi connectivity index (χ1) is 9.74. The molecule has 0 bridgehead atoms. The summed E-state index contributed by atoms with van der Waals surface area (Å²) in [6.07, 6.45) is 2.69. The molecule has 1 saturated heterocycles. The predicted octanol–water partition coefficient (Wildman–Crippen LogP) is 2.63. The maximum atomic E-state index is 12.9. The standard InChI is InChI=1S/C15H14FNO3/c16-13-3-1-11(2-4-13)14-9-17(6-8-20-14)15(18)12-5-7-19-10-12/h1-5,7,10,14H,6,8-9H2. The van der Waals surface area contributed by atoms with E-state index >= 15 is 0 Å². The Morgan fingerprint density at radius 3 is 2.75 bits per heavy atom. The highest BCUT2D eigenvalue weighted by molar-refractivity contribution is 5.93. The number of carbonyl (C=O) groups is 1. The van der Waals surface area contributed by atoms with Crippen molar-refractivity contribution < 1.29 is 18.3 Å². The first-order valence-electron chi connectivity index (χ1n) is 6.42. The number of nitrogens with zero attached hydrogens (tertiary/aromatic N) is 1. The van der Waals surface area contributed by atoms with Gasteiger partial charge in [0.05, 0.1) is 25.0 Å². The van der Waals surface area contributed by atoms with Gasteiger partial charge in [0, 0.05) is 6.54 Å². The van der Waals surface area contributed by atoms with E-state index in [4.69, 9.17) is 9.15 Å². The zero-order valence-electron chi connectivity index (χ0n) is 10.8. The predicted molar refractivity (Wildman–Crippen MR) is 69.7 cm³/mol. The molecule has 2 heterocycles. The van der Waals surface area contributed by atoms with Crippen molar-refractivity contribution in [3.8, 4) is 0 Å². The van der Waals surface area contributed by atoms with Crippen LogP contribution in [0.5, 0.6) is 0 Å². The lowest BCUT2D eigenvalue weighted by atomic mass is 10.1. The van der Waals surface area contributed by atoms with Crippen molar-refractivity contribution >= 4 is 5.91 Å². The van der Waals surface area contributed by atoms with Crippen LogP contribution in [0.1, 0.15) is 22.0 Å². The molecule has 0 N–H and O–H groups in total. The van der Waals surface area contributed by atoms with Gasteiger partial charge in [0.1, 0.15) is 18.2 Å². The maximum absolute atomic E-state index is 12.9. The molecule has 0 aliphatic carbocycles. The van der Waals surface area contributed by atoms with Crippen LogP contribution in [0.3, 0.4) is 0 Å². The summed E-state index contributed by atoms with van der Waals surface area (Å²) in [5.41, 5.74) is 1.40. The summed E-state index contributed by atoms with van der Waals surface area (Å²) in [7, 11) is 0. The lowest BCUT2D eigenvalue weighted by Gasteiger charge is -2.33. The lowest BCUT2D eigenvalue weighted by Crippen LogP contribution is -2.42. The van der Waals surface area contributed by atoms with Gasteiger partial charge in [0.15, 0.2) is 0 Å². The second-order valence-corrected chi connectivity index (χ2v) is 4.67. The number of halogens is 1. The summed E-state index contributed by atoms with van der Waals surface area (Å²) in [6, 6.07) is 7.81. The SMILES string of the molecule is O=C(c1ccoc1)N1CCOC(c2ccc(F)cc2)C1. The molecular weight excluding hydrogens is 261 g/mol. The van der Waals surface area contributed by atoms with Crippen molar-refractivity contribution in [2.75, 3.05) is 19.7 Å². The minimum atomic E-state index is -0.282. The van der Waals surface area contributed by atoms with Crippen LogP contribution in [0.15, 0.2) is 47.3 Å². The van der Waals surface area contributed by atoms with Crippen molar-refractivity contribution in [1.29, 1.82) is 0 Å². The van der Waals surface area contributed by atoms with E-state index in [1.807, 2.05) is 0 Å². The third kappa shape index (κ3) is 2.58. The third-order valence-corrected chi connectivity index (χ3v) is 3.36. The molecule has 1 aliphatic rings. The highest BCUT2D eigenvalue weighted by atomic mass is 19.1. The van der Waals surface area contributed by atoms with Crippen LogP contribution in [0.2, 0.25) is 0 Å². The Morgan fingerprint density at radius 1 is 1.25 bits per heavy atom. The van der Waals surface area contributed by atoms with Crippen LogP contribution in [0.25, 0.3) is 0 Å². The minimum Gasteiger partial charge on any atom is -0.472 e. The maximum Gasteiger partial charge on any atom is 0.257 e. The zero-order valence-corrected chi connectivity index (χ0v) is 10.8. The molecule has 3 rings (SSSR count). The number of hydrogen-bond acceptors (Lipinski definition) is 3. The number of ether oxygens (including phenoxy) is 1. The molecule has 0 spiro atoms. The van der Waals surface area contributed by atoms with Gasteiger partial charge in [0.2, 0.25) is 0 Å². The Bertz CT molecular complexity index is 580. The molecule has 1 aromatic heterocycles. The smallest absolute Gasteiger partial charge is 0.257 e. The fraction of sp³-hybridized carbons (Fsp3) is 0.267. The average molecular weight is 275 g/mol. The largest absolute Gasteiger partial charge is 0.472 e. The monoisotopic (exact) mass is 275 g/mol. The molecule has 1 unspecified atom stereocenters. The van der Waals surface area contributed by atoms with Crippen LogP contribution in [0, 0.1) is 5.82 Å². The molecule has 5 heteroatoms. The summed E-state index contributed by atoms with van der Waals surface area (Å²) < 4.78 is 23.5. The molecular formula is C15H14FNO3. The molecule has 2 aromatic rings. The highest BCUT2D eigenvalue weighted by Crippen LogP contribution is 2.23. The number of furan rings is 1. The molecule has 1 fully saturated rings. The van der Waals surface area contributed by atoms with Crippen molar-refractivity contribution in [2.45, 2.75) is 6.10 Å². The average Bonchev–Trinajstić information content (AvgIpc) is 3.01. The molecule has 1 aromatic carbocycles. The summed E-state index contributed by atoms with van der Waals surface area (Å²) in [4.78, 5) is 14.0. The first kappa shape index (κ1) is 12.9. The van der Waals surface area contributed by atoms with Crippen LogP contribution >= 0.6 is 0 Å². The van der Waals surface area contributed by atoms with E-state index in [1.165, 1.54) is 24.7 Å². The molecule has 0 saturated carbocycles. The van der Waals surface area contributed by atoms with Crippen molar-refractivity contribution in [2.24, 2.45) is 0 Å². The quantitative estimate of drug-likeness (QED) is 0.846. The van der Waals surface area contributed by atoms with E-state index in [0.717, 1.165) is 5.56 Å². The van der Waals surface area contributed by atoms with Gasteiger partial charge in [-0.3, -0.25) is 4.79 Å². The van der Waals surface area contributed by atoms with Crippen LogP contribution in [0.4, 0.5) is 4.39 Å². The van der Waals surface area contributed by atoms with E-state index in [1.54, 1.807) is 23.1 Å². The fourth-order valence-corrected chi connectivity index (χ4v) is 2.28. The molecule has 1 amide bonds. The lowest BCUT2D eigenvalue weighted by molar-refractivity contribution is -0.0228. The van der Waals surface area contributed by atoms with Crippen LogP contribution < -0.4 is 0 Å². The van der Waals surface area contributed by atoms with Crippen molar-refractivity contribution in [1.82, 2.24) is 4.90 Å². The number of rotatable bonds is 2. The highest BCUT2D eigenvalue weighted by Gasteiger charge is 2.26. The Hall–Kier alpha value is -2.14. The minimum absolute atomic E-state index is 0.0749. The van der Waals surface area contributed by atoms with Crippen LogP contribution in [-0.2, 0) is 4.74 Å². The van der Waals surface area contributed by atoms with Gasteiger partial charge in [-0.2, -0.15) is 0 Å². The van der Waals surface area contributed by atoms with Crippen molar-refractivity contribution in [3.63, 3.8) is 0 Å². The van der Waals surface area contributed by atoms with E-state index in [0.29, 0.717) is 25.3 Å². The molecule has 1 atom stereocenters. The van der Waals surface area contributed by atoms with Crippen molar-refractivity contribution in [3.05, 3.63) is 59.8 Å². The van der Waals surface area contributed by atoms with Gasteiger partial charge >= 0.3 is 0 Å². The Morgan fingerprint density at radius 2 is 2.05 bits per heavy atom. The number of hydrogen-bond donors (Lipinski definition) is 0. The summed E-state index contributed by atoms with van der Waals surface area (Å²) in [5.74, 6) is -0.356. The normalized spacial score (nSPS) is 19.1. The molecule has 1 aliphatic heterocycles. The molecule has 4 nitrogen and oxygen atoms in total. The molecule has 0 radical (unpaired) electrons. The van der Waals surface area contributed by atoms with Crippen LogP contribution in [-0.4, -0.2) is 30.5 Å². The first-order valence-corrected chi connectivity index (χ1v) is 6.42. The number of carbonyl (C=O) groups excluding carboxylic acids is 1. The van der Waals surface area contributed by atoms with Gasteiger partial charge in [-0.25, -0.2) is 4.39 Å². The van der Waals surface area contributed by atoms with E-state index < -0.39 is 0 Å². The topological polar surface area (TPSA) is 42.7 Å². The van der Waals surface area contributed by atoms with Gasteiger partial charge < -0.3 is 14.1 Å². The Kier molecular flexibility index (Phi) is 3.52. The number of amides is 1. The fourth-order valence-electron chi connectivity index (χ4n) is 2.28. The van der Waals surface area contributed by atoms with Gasteiger partial charge in [0.25, 0.3) is 5.91 Å². The second-order valence-electron chi connectivity index (χ2n) is 4.67. The summed E-state index contributed by atoms with van der Waals surface area (Å²) in [6.45, 7) is 1.46. The Labute approximate surface area is 115 Å². The van der Waals surface area contributed by atoms with Gasteiger partial charge in [-0.05, 0) is 23.8 Å². The molecule has 104 valence electrons.